The van der Waals surface area contributed by atoms with E-state index in [0.717, 1.165) is 15.1 Å². The minimum Gasteiger partial charge on any atom is -0.315 e. The fraction of sp³-hybridized carbons (Fsp3) is 0.263. The van der Waals surface area contributed by atoms with Crippen molar-refractivity contribution in [1.82, 2.24) is 4.57 Å². The van der Waals surface area contributed by atoms with Gasteiger partial charge in [-0.1, -0.05) is 52.2 Å². The Labute approximate surface area is 170 Å². The van der Waals surface area contributed by atoms with E-state index >= 15 is 0 Å². The number of nitrogens with zero attached hydrogens (tertiary/aromatic N) is 2. The lowest BCUT2D eigenvalue weighted by atomic mass is 10.2. The largest absolute Gasteiger partial charge is 0.315 e. The number of amides is 1. The van der Waals surface area contributed by atoms with E-state index in [0.29, 0.717) is 33.6 Å². The second-order valence-corrected chi connectivity index (χ2v) is 8.80. The molecule has 3 aromatic rings. The molecule has 0 saturated heterocycles. The Morgan fingerprint density at radius 3 is 2.65 bits per heavy atom. The number of thioether (sulfide) groups is 1. The molecule has 0 aliphatic carbocycles. The predicted molar refractivity (Wildman–Crippen MR) is 113 cm³/mol. The van der Waals surface area contributed by atoms with Gasteiger partial charge in [0.15, 0.2) is 4.80 Å². The SMILES string of the molecule is CCn1c(=NC(=O)CCSc2ccc(C)cc2)sc2cc(Cl)cc(Cl)c21. The van der Waals surface area contributed by atoms with Crippen molar-refractivity contribution in [2.24, 2.45) is 4.99 Å². The molecule has 0 bridgehead atoms. The van der Waals surface area contributed by atoms with Crippen molar-refractivity contribution in [2.45, 2.75) is 31.7 Å². The summed E-state index contributed by atoms with van der Waals surface area (Å²) < 4.78 is 2.90. The van der Waals surface area contributed by atoms with E-state index in [1.165, 1.54) is 16.9 Å². The summed E-state index contributed by atoms with van der Waals surface area (Å²) in [6, 6.07) is 11.9. The van der Waals surface area contributed by atoms with Crippen LogP contribution in [0.25, 0.3) is 10.2 Å². The number of benzene rings is 2. The number of aryl methyl sites for hydroxylation is 2. The quantitative estimate of drug-likeness (QED) is 0.474. The van der Waals surface area contributed by atoms with Gasteiger partial charge in [0.05, 0.1) is 15.2 Å². The average molecular weight is 425 g/mol. The van der Waals surface area contributed by atoms with Crippen LogP contribution in [-0.2, 0) is 11.3 Å². The van der Waals surface area contributed by atoms with Crippen LogP contribution < -0.4 is 4.80 Å². The van der Waals surface area contributed by atoms with Gasteiger partial charge in [-0.2, -0.15) is 4.99 Å². The Bertz CT molecular complexity index is 1010. The van der Waals surface area contributed by atoms with Crippen molar-refractivity contribution < 1.29 is 4.79 Å². The number of hydrogen-bond acceptors (Lipinski definition) is 3. The fourth-order valence-corrected chi connectivity index (χ4v) is 5.30. The number of halogens is 2. The smallest absolute Gasteiger partial charge is 0.249 e. The molecule has 0 radical (unpaired) electrons. The van der Waals surface area contributed by atoms with Gasteiger partial charge in [-0.15, -0.1) is 11.8 Å². The highest BCUT2D eigenvalue weighted by atomic mass is 35.5. The summed E-state index contributed by atoms with van der Waals surface area (Å²) in [5, 5.41) is 1.16. The third-order valence-electron chi connectivity index (χ3n) is 3.84. The van der Waals surface area contributed by atoms with E-state index in [1.807, 2.05) is 17.6 Å². The molecule has 0 spiro atoms. The number of thiazole rings is 1. The molecule has 2 aromatic carbocycles. The Hall–Kier alpha value is -1.27. The summed E-state index contributed by atoms with van der Waals surface area (Å²) in [6.45, 7) is 4.75. The van der Waals surface area contributed by atoms with Crippen molar-refractivity contribution in [3.05, 3.63) is 56.8 Å². The summed E-state index contributed by atoms with van der Waals surface area (Å²) in [7, 11) is 0. The topological polar surface area (TPSA) is 34.4 Å². The van der Waals surface area contributed by atoms with Gasteiger partial charge in [0.1, 0.15) is 0 Å². The molecule has 0 N–H and O–H groups in total. The van der Waals surface area contributed by atoms with Crippen molar-refractivity contribution >= 4 is 62.4 Å². The van der Waals surface area contributed by atoms with E-state index in [2.05, 4.69) is 36.2 Å². The Balaban J connectivity index is 1.77. The fourth-order valence-electron chi connectivity index (χ4n) is 2.56. The molecule has 0 atom stereocenters. The van der Waals surface area contributed by atoms with Gasteiger partial charge in [-0.05, 0) is 38.1 Å². The molecule has 1 aromatic heterocycles. The zero-order chi connectivity index (χ0) is 18.7. The van der Waals surface area contributed by atoms with Crippen molar-refractivity contribution in [3.63, 3.8) is 0 Å². The van der Waals surface area contributed by atoms with E-state index in [-0.39, 0.29) is 5.91 Å². The minimum absolute atomic E-state index is 0.124. The molecule has 3 rings (SSSR count). The van der Waals surface area contributed by atoms with Crippen LogP contribution in [0.5, 0.6) is 0 Å². The lowest BCUT2D eigenvalue weighted by Crippen LogP contribution is -2.16. The molecule has 0 aliphatic heterocycles. The summed E-state index contributed by atoms with van der Waals surface area (Å²) >= 11 is 15.5. The Morgan fingerprint density at radius 2 is 1.96 bits per heavy atom. The van der Waals surface area contributed by atoms with E-state index in [9.17, 15) is 4.79 Å². The van der Waals surface area contributed by atoms with Gasteiger partial charge >= 0.3 is 0 Å². The third-order valence-corrected chi connectivity index (χ3v) is 6.38. The summed E-state index contributed by atoms with van der Waals surface area (Å²) in [6.07, 6.45) is 0.394. The Morgan fingerprint density at radius 1 is 1.23 bits per heavy atom. The van der Waals surface area contributed by atoms with Crippen LogP contribution >= 0.6 is 46.3 Å². The van der Waals surface area contributed by atoms with Gasteiger partial charge < -0.3 is 4.57 Å². The zero-order valence-electron chi connectivity index (χ0n) is 14.5. The third kappa shape index (κ3) is 4.52. The zero-order valence-corrected chi connectivity index (χ0v) is 17.6. The highest BCUT2D eigenvalue weighted by molar-refractivity contribution is 7.99. The molecular formula is C19H18Cl2N2OS2. The number of carbonyl (C=O) groups excluding carboxylic acids is 1. The summed E-state index contributed by atoms with van der Waals surface area (Å²) in [5.74, 6) is 0.579. The maximum Gasteiger partial charge on any atom is 0.249 e. The van der Waals surface area contributed by atoms with Crippen molar-refractivity contribution in [2.75, 3.05) is 5.75 Å². The number of fused-ring (bicyclic) bond motifs is 1. The molecule has 0 aliphatic rings. The first-order valence-electron chi connectivity index (χ1n) is 8.23. The molecule has 3 nitrogen and oxygen atoms in total. The molecule has 0 unspecified atom stereocenters. The van der Waals surface area contributed by atoms with Crippen LogP contribution in [0.1, 0.15) is 18.9 Å². The van der Waals surface area contributed by atoms with E-state index in [4.69, 9.17) is 23.2 Å². The van der Waals surface area contributed by atoms with Gasteiger partial charge in [0.2, 0.25) is 5.91 Å². The molecule has 136 valence electrons. The van der Waals surface area contributed by atoms with Crippen LogP contribution in [0.15, 0.2) is 46.3 Å². The first-order chi connectivity index (χ1) is 12.5. The maximum absolute atomic E-state index is 12.3. The van der Waals surface area contributed by atoms with E-state index in [1.54, 1.807) is 17.8 Å². The minimum atomic E-state index is -0.124. The number of hydrogen-bond donors (Lipinski definition) is 0. The normalized spacial score (nSPS) is 12.1. The average Bonchev–Trinajstić information content (AvgIpc) is 2.93. The highest BCUT2D eigenvalue weighted by Gasteiger charge is 2.11. The number of aromatic nitrogens is 1. The number of carbonyl (C=O) groups is 1. The second kappa shape index (κ2) is 8.61. The lowest BCUT2D eigenvalue weighted by Gasteiger charge is -2.03. The highest BCUT2D eigenvalue weighted by Crippen LogP contribution is 2.29. The molecule has 1 heterocycles. The molecule has 1 amide bonds. The molecule has 0 fully saturated rings. The Kier molecular flexibility index (Phi) is 6.46. The van der Waals surface area contributed by atoms with Crippen LogP contribution in [-0.4, -0.2) is 16.2 Å². The summed E-state index contributed by atoms with van der Waals surface area (Å²) in [5.41, 5.74) is 2.11. The molecule has 0 saturated carbocycles. The monoisotopic (exact) mass is 424 g/mol. The van der Waals surface area contributed by atoms with Crippen LogP contribution in [0.2, 0.25) is 10.0 Å². The molecular weight excluding hydrogens is 407 g/mol. The van der Waals surface area contributed by atoms with Crippen LogP contribution in [0, 0.1) is 6.92 Å². The second-order valence-electron chi connectivity index (χ2n) is 5.78. The van der Waals surface area contributed by atoms with Crippen LogP contribution in [0.4, 0.5) is 0 Å². The van der Waals surface area contributed by atoms with Crippen molar-refractivity contribution in [1.29, 1.82) is 0 Å². The van der Waals surface area contributed by atoms with Gasteiger partial charge in [-0.25, -0.2) is 0 Å². The van der Waals surface area contributed by atoms with E-state index < -0.39 is 0 Å². The first-order valence-corrected chi connectivity index (χ1v) is 10.8. The van der Waals surface area contributed by atoms with Crippen molar-refractivity contribution in [3.8, 4) is 0 Å². The summed E-state index contributed by atoms with van der Waals surface area (Å²) in [4.78, 5) is 18.4. The van der Waals surface area contributed by atoms with Crippen LogP contribution in [0.3, 0.4) is 0 Å². The number of rotatable bonds is 5. The maximum atomic E-state index is 12.3. The standard InChI is InChI=1S/C19H18Cl2N2OS2/c1-3-23-18-15(21)10-13(20)11-16(18)26-19(23)22-17(24)8-9-25-14-6-4-12(2)5-7-14/h4-7,10-11H,3,8-9H2,1-2H3. The molecule has 26 heavy (non-hydrogen) atoms. The van der Waals surface area contributed by atoms with Gasteiger partial charge in [0.25, 0.3) is 0 Å². The molecule has 7 heteroatoms. The van der Waals surface area contributed by atoms with Gasteiger partial charge in [0, 0.05) is 28.6 Å². The predicted octanol–water partition coefficient (Wildman–Crippen LogP) is 5.95. The lowest BCUT2D eigenvalue weighted by molar-refractivity contribution is -0.117. The van der Waals surface area contributed by atoms with Gasteiger partial charge in [-0.3, -0.25) is 4.79 Å². The first kappa shape index (κ1) is 19.5.